The normalized spacial score (nSPS) is 10.4. The van der Waals surface area contributed by atoms with Crippen molar-refractivity contribution in [2.24, 2.45) is 0 Å². The fourth-order valence-corrected chi connectivity index (χ4v) is 1.68. The van der Waals surface area contributed by atoms with Gasteiger partial charge in [0, 0.05) is 29.9 Å². The number of amides is 1. The van der Waals surface area contributed by atoms with Crippen molar-refractivity contribution in [3.63, 3.8) is 0 Å². The number of nitrogen functional groups attached to an aromatic ring is 1. The number of anilines is 1. The summed E-state index contributed by atoms with van der Waals surface area (Å²) >= 11 is 0. The molecule has 0 aliphatic heterocycles. The first-order valence-electron chi connectivity index (χ1n) is 5.86. The Hall–Kier alpha value is -1.58. The maximum atomic E-state index is 13.5. The van der Waals surface area contributed by atoms with Crippen molar-refractivity contribution in [3.8, 4) is 0 Å². The first-order valence-corrected chi connectivity index (χ1v) is 5.86. The largest absolute Gasteiger partial charge is 0.398 e. The third-order valence-electron chi connectivity index (χ3n) is 2.79. The number of carbonyl (C=O) groups excluding carboxylic acids is 1. The molecular weight excluding hydrogens is 219 g/mol. The van der Waals surface area contributed by atoms with Crippen LogP contribution in [0.2, 0.25) is 0 Å². The first kappa shape index (κ1) is 13.5. The number of nitrogens with two attached hydrogens (primary N) is 1. The lowest BCUT2D eigenvalue weighted by atomic mass is 10.1. The molecule has 4 heteroatoms. The van der Waals surface area contributed by atoms with Crippen molar-refractivity contribution < 1.29 is 9.18 Å². The summed E-state index contributed by atoms with van der Waals surface area (Å²) in [6, 6.07) is 2.80. The van der Waals surface area contributed by atoms with E-state index >= 15 is 0 Å². The van der Waals surface area contributed by atoms with Crippen LogP contribution >= 0.6 is 0 Å². The molecule has 0 aromatic heterocycles. The van der Waals surface area contributed by atoms with Gasteiger partial charge in [0.2, 0.25) is 0 Å². The standard InChI is InChI=1S/C13H19FN2O/c1-4-6-16(5-2)13(17)10-7-11(14)9(3)12(15)8-10/h7-8H,4-6,15H2,1-3H3. The van der Waals surface area contributed by atoms with Gasteiger partial charge in [-0.1, -0.05) is 6.92 Å². The van der Waals surface area contributed by atoms with Crippen molar-refractivity contribution >= 4 is 11.6 Å². The molecule has 0 fully saturated rings. The van der Waals surface area contributed by atoms with E-state index < -0.39 is 5.82 Å². The van der Waals surface area contributed by atoms with Crippen LogP contribution in [0.5, 0.6) is 0 Å². The average molecular weight is 238 g/mol. The Kier molecular flexibility index (Phi) is 4.49. The monoisotopic (exact) mass is 238 g/mol. The van der Waals surface area contributed by atoms with Crippen LogP contribution in [0.4, 0.5) is 10.1 Å². The molecule has 2 N–H and O–H groups in total. The molecule has 0 saturated carbocycles. The molecule has 0 atom stereocenters. The summed E-state index contributed by atoms with van der Waals surface area (Å²) in [6.45, 7) is 6.79. The summed E-state index contributed by atoms with van der Waals surface area (Å²) in [7, 11) is 0. The first-order chi connectivity index (χ1) is 8.01. The molecule has 1 amide bonds. The van der Waals surface area contributed by atoms with E-state index in [1.54, 1.807) is 17.9 Å². The number of rotatable bonds is 4. The van der Waals surface area contributed by atoms with Crippen LogP contribution in [-0.2, 0) is 0 Å². The zero-order valence-electron chi connectivity index (χ0n) is 10.6. The van der Waals surface area contributed by atoms with Gasteiger partial charge in [-0.25, -0.2) is 4.39 Å². The van der Waals surface area contributed by atoms with Crippen LogP contribution in [0.3, 0.4) is 0 Å². The summed E-state index contributed by atoms with van der Waals surface area (Å²) in [6.07, 6.45) is 0.878. The van der Waals surface area contributed by atoms with E-state index in [2.05, 4.69) is 0 Å². The Morgan fingerprint density at radius 2 is 2.06 bits per heavy atom. The zero-order valence-corrected chi connectivity index (χ0v) is 10.6. The Balaban J connectivity index is 3.03. The van der Waals surface area contributed by atoms with Gasteiger partial charge in [-0.2, -0.15) is 0 Å². The highest BCUT2D eigenvalue weighted by atomic mass is 19.1. The molecule has 94 valence electrons. The maximum Gasteiger partial charge on any atom is 0.254 e. The smallest absolute Gasteiger partial charge is 0.254 e. The van der Waals surface area contributed by atoms with Crippen LogP contribution in [0.25, 0.3) is 0 Å². The van der Waals surface area contributed by atoms with Gasteiger partial charge in [-0.05, 0) is 32.4 Å². The van der Waals surface area contributed by atoms with Crippen LogP contribution in [0, 0.1) is 12.7 Å². The molecule has 0 saturated heterocycles. The van der Waals surface area contributed by atoms with Gasteiger partial charge in [0.1, 0.15) is 5.82 Å². The molecule has 0 radical (unpaired) electrons. The molecule has 0 aliphatic carbocycles. The highest BCUT2D eigenvalue weighted by molar-refractivity contribution is 5.95. The van der Waals surface area contributed by atoms with Crippen LogP contribution < -0.4 is 5.73 Å². The molecule has 0 aliphatic rings. The van der Waals surface area contributed by atoms with Crippen molar-refractivity contribution in [1.29, 1.82) is 0 Å². The highest BCUT2D eigenvalue weighted by Crippen LogP contribution is 2.18. The van der Waals surface area contributed by atoms with E-state index in [9.17, 15) is 9.18 Å². The second-order valence-corrected chi connectivity index (χ2v) is 4.06. The summed E-state index contributed by atoms with van der Waals surface area (Å²) in [5.41, 5.74) is 6.69. The molecule has 0 bridgehead atoms. The lowest BCUT2D eigenvalue weighted by Crippen LogP contribution is -2.31. The van der Waals surface area contributed by atoms with Crippen molar-refractivity contribution in [2.45, 2.75) is 27.2 Å². The molecule has 1 aromatic carbocycles. The molecule has 0 unspecified atom stereocenters. The van der Waals surface area contributed by atoms with Crippen LogP contribution in [-0.4, -0.2) is 23.9 Å². The molecule has 1 aromatic rings. The minimum absolute atomic E-state index is 0.167. The van der Waals surface area contributed by atoms with E-state index in [1.165, 1.54) is 6.07 Å². The molecule has 0 heterocycles. The average Bonchev–Trinajstić information content (AvgIpc) is 2.31. The Morgan fingerprint density at radius 1 is 1.41 bits per heavy atom. The predicted molar refractivity (Wildman–Crippen MR) is 67.4 cm³/mol. The molecule has 3 nitrogen and oxygen atoms in total. The van der Waals surface area contributed by atoms with E-state index in [4.69, 9.17) is 5.73 Å². The van der Waals surface area contributed by atoms with Crippen molar-refractivity contribution in [1.82, 2.24) is 4.90 Å². The van der Waals surface area contributed by atoms with Gasteiger partial charge in [0.05, 0.1) is 0 Å². The Morgan fingerprint density at radius 3 is 2.53 bits per heavy atom. The van der Waals surface area contributed by atoms with E-state index in [0.717, 1.165) is 6.42 Å². The summed E-state index contributed by atoms with van der Waals surface area (Å²) < 4.78 is 13.5. The second-order valence-electron chi connectivity index (χ2n) is 4.06. The number of nitrogens with zero attached hydrogens (tertiary/aromatic N) is 1. The lowest BCUT2D eigenvalue weighted by Gasteiger charge is -2.20. The number of halogens is 1. The number of carbonyl (C=O) groups is 1. The van der Waals surface area contributed by atoms with Gasteiger partial charge < -0.3 is 10.6 Å². The number of benzene rings is 1. The molecule has 0 spiro atoms. The highest BCUT2D eigenvalue weighted by Gasteiger charge is 2.16. The summed E-state index contributed by atoms with van der Waals surface area (Å²) in [5, 5.41) is 0. The fourth-order valence-electron chi connectivity index (χ4n) is 1.68. The van der Waals surface area contributed by atoms with Crippen molar-refractivity contribution in [2.75, 3.05) is 18.8 Å². The molecular formula is C13H19FN2O. The van der Waals surface area contributed by atoms with E-state index in [-0.39, 0.29) is 5.91 Å². The Bertz CT molecular complexity index is 395. The lowest BCUT2D eigenvalue weighted by molar-refractivity contribution is 0.0764. The SMILES string of the molecule is CCCN(CC)C(=O)c1cc(N)c(C)c(F)c1. The topological polar surface area (TPSA) is 46.3 Å². The zero-order chi connectivity index (χ0) is 13.0. The molecule has 1 rings (SSSR count). The number of hydrogen-bond donors (Lipinski definition) is 1. The van der Waals surface area contributed by atoms with Gasteiger partial charge >= 0.3 is 0 Å². The maximum absolute atomic E-state index is 13.5. The second kappa shape index (κ2) is 5.66. The minimum Gasteiger partial charge on any atom is -0.398 e. The van der Waals surface area contributed by atoms with Crippen LogP contribution in [0.15, 0.2) is 12.1 Å². The quantitative estimate of drug-likeness (QED) is 0.819. The number of hydrogen-bond acceptors (Lipinski definition) is 2. The minimum atomic E-state index is -0.430. The third-order valence-corrected chi connectivity index (χ3v) is 2.79. The van der Waals surface area contributed by atoms with Gasteiger partial charge in [0.15, 0.2) is 0 Å². The Labute approximate surface area is 101 Å². The summed E-state index contributed by atoms with van der Waals surface area (Å²) in [5.74, 6) is -0.596. The van der Waals surface area contributed by atoms with Gasteiger partial charge in [0.25, 0.3) is 5.91 Å². The summed E-state index contributed by atoms with van der Waals surface area (Å²) in [4.78, 5) is 13.8. The van der Waals surface area contributed by atoms with Gasteiger partial charge in [-0.3, -0.25) is 4.79 Å². The van der Waals surface area contributed by atoms with Gasteiger partial charge in [-0.15, -0.1) is 0 Å². The van der Waals surface area contributed by atoms with Crippen LogP contribution in [0.1, 0.15) is 36.2 Å². The van der Waals surface area contributed by atoms with Crippen molar-refractivity contribution in [3.05, 3.63) is 29.1 Å². The fraction of sp³-hybridized carbons (Fsp3) is 0.462. The third kappa shape index (κ3) is 2.96. The van der Waals surface area contributed by atoms with E-state index in [1.807, 2.05) is 13.8 Å². The predicted octanol–water partition coefficient (Wildman–Crippen LogP) is 2.59. The van der Waals surface area contributed by atoms with E-state index in [0.29, 0.717) is 29.9 Å². The molecule has 17 heavy (non-hydrogen) atoms.